The first-order valence-electron chi connectivity index (χ1n) is 3.82. The van der Waals surface area contributed by atoms with Gasteiger partial charge in [-0.25, -0.2) is 0 Å². The molecule has 2 nitrogen and oxygen atoms in total. The second kappa shape index (κ2) is 2.61. The Balaban J connectivity index is 2.59. The smallest absolute Gasteiger partial charge is 0.0671 e. The lowest BCUT2D eigenvalue weighted by Gasteiger charge is -2.21. The summed E-state index contributed by atoms with van der Waals surface area (Å²) in [5, 5.41) is 2.14. The minimum absolute atomic E-state index is 0.0134. The second-order valence-electron chi connectivity index (χ2n) is 2.82. The number of nitrogens with zero attached hydrogens (tertiary/aromatic N) is 2. The van der Waals surface area contributed by atoms with Crippen LogP contribution in [0.25, 0.3) is 0 Å². The zero-order chi connectivity index (χ0) is 8.72. The predicted molar refractivity (Wildman–Crippen MR) is 55.6 cm³/mol. The Bertz CT molecular complexity index is 335. The van der Waals surface area contributed by atoms with Crippen molar-refractivity contribution in [1.29, 1.82) is 0 Å². The molecule has 0 saturated carbocycles. The van der Waals surface area contributed by atoms with Crippen molar-refractivity contribution in [1.82, 2.24) is 4.41 Å². The van der Waals surface area contributed by atoms with E-state index >= 15 is 0 Å². The first-order valence-corrected chi connectivity index (χ1v) is 5.17. The minimum atomic E-state index is -0.0134. The quantitative estimate of drug-likeness (QED) is 0.563. The first-order chi connectivity index (χ1) is 5.72. The second-order valence-corrected chi connectivity index (χ2v) is 4.52. The van der Waals surface area contributed by atoms with Crippen LogP contribution in [-0.2, 0) is 0 Å². The van der Waals surface area contributed by atoms with Gasteiger partial charge in [0.1, 0.15) is 0 Å². The number of para-hydroxylation sites is 1. The molecule has 0 N–H and O–H groups in total. The maximum atomic E-state index is 4.12. The van der Waals surface area contributed by atoms with E-state index in [1.54, 1.807) is 0 Å². The zero-order valence-corrected chi connectivity index (χ0v) is 8.14. The first kappa shape index (κ1) is 7.83. The van der Waals surface area contributed by atoms with Crippen LogP contribution < -0.4 is 5.01 Å². The molecule has 2 rings (SSSR count). The normalized spacial score (nSPS) is 22.8. The number of hydrogen-bond acceptors (Lipinski definition) is 2. The summed E-state index contributed by atoms with van der Waals surface area (Å²) in [6.07, 6.45) is 0. The van der Waals surface area contributed by atoms with Gasteiger partial charge in [0.05, 0.1) is 5.69 Å². The summed E-state index contributed by atoms with van der Waals surface area (Å²) < 4.78 is 2.16. The van der Waals surface area contributed by atoms with Crippen molar-refractivity contribution in [2.75, 3.05) is 19.1 Å². The van der Waals surface area contributed by atoms with Crippen LogP contribution in [0.4, 0.5) is 5.69 Å². The largest absolute Gasteiger partial charge is 0.299 e. The Kier molecular flexibility index (Phi) is 1.70. The van der Waals surface area contributed by atoms with E-state index < -0.39 is 0 Å². The fraction of sp³-hybridized carbons (Fsp3) is 0.222. The molecule has 1 aromatic rings. The van der Waals surface area contributed by atoms with Crippen molar-refractivity contribution in [3.63, 3.8) is 0 Å². The number of benzene rings is 1. The molecule has 1 aromatic carbocycles. The number of anilines is 1. The average Bonchev–Trinajstić information content (AvgIpc) is 2.33. The van der Waals surface area contributed by atoms with Gasteiger partial charge in [-0.2, -0.15) is 4.41 Å². The molecule has 0 fully saturated rings. The van der Waals surface area contributed by atoms with Crippen molar-refractivity contribution in [2.24, 2.45) is 0 Å². The molecule has 1 heterocycles. The highest BCUT2D eigenvalue weighted by molar-refractivity contribution is 8.12. The Morgan fingerprint density at radius 1 is 1.25 bits per heavy atom. The van der Waals surface area contributed by atoms with E-state index in [4.69, 9.17) is 0 Å². The number of fused-ring (bicyclic) bond motifs is 1. The fourth-order valence-corrected chi connectivity index (χ4v) is 2.71. The molecular weight excluding hydrogens is 168 g/mol. The Morgan fingerprint density at radius 3 is 2.58 bits per heavy atom. The molecule has 12 heavy (non-hydrogen) atoms. The highest BCUT2D eigenvalue weighted by atomic mass is 32.2. The summed E-state index contributed by atoms with van der Waals surface area (Å²) in [5.74, 6) is 4.12. The van der Waals surface area contributed by atoms with Crippen LogP contribution in [0.2, 0.25) is 0 Å². The Morgan fingerprint density at radius 2 is 1.92 bits per heavy atom. The van der Waals surface area contributed by atoms with Crippen molar-refractivity contribution < 1.29 is 0 Å². The summed E-state index contributed by atoms with van der Waals surface area (Å²) in [6.45, 7) is 0. The van der Waals surface area contributed by atoms with Crippen LogP contribution >= 0.6 is 10.7 Å². The lowest BCUT2D eigenvalue weighted by atomic mass is 10.3. The summed E-state index contributed by atoms with van der Waals surface area (Å²) in [4.78, 5) is 1.34. The third-order valence-corrected chi connectivity index (χ3v) is 3.94. The molecule has 0 radical (unpaired) electrons. The van der Waals surface area contributed by atoms with E-state index in [9.17, 15) is 0 Å². The van der Waals surface area contributed by atoms with Gasteiger partial charge in [-0.3, -0.25) is 5.01 Å². The molecule has 0 spiro atoms. The molecule has 1 atom stereocenters. The standard InChI is InChI=1S/C9H12N2S/c1-10-8-6-4-5-7-9(8)12(3)11(10)2/h4-7H,3H2,1-2H3. The zero-order valence-electron chi connectivity index (χ0n) is 7.32. The van der Waals surface area contributed by atoms with Crippen LogP contribution in [0, 0.1) is 0 Å². The van der Waals surface area contributed by atoms with E-state index in [2.05, 4.69) is 53.7 Å². The van der Waals surface area contributed by atoms with Gasteiger partial charge < -0.3 is 0 Å². The summed E-state index contributed by atoms with van der Waals surface area (Å²) in [5.41, 5.74) is 1.28. The molecule has 64 valence electrons. The highest BCUT2D eigenvalue weighted by Gasteiger charge is 2.22. The van der Waals surface area contributed by atoms with Crippen molar-refractivity contribution in [3.8, 4) is 0 Å². The van der Waals surface area contributed by atoms with E-state index in [1.807, 2.05) is 0 Å². The SMILES string of the molecule is C=S1c2ccccc2N(C)N1C. The Labute approximate surface area is 75.4 Å². The van der Waals surface area contributed by atoms with Crippen LogP contribution in [0.15, 0.2) is 29.2 Å². The van der Waals surface area contributed by atoms with Gasteiger partial charge in [0.25, 0.3) is 0 Å². The molecular formula is C9H12N2S. The molecule has 0 aromatic heterocycles. The molecule has 1 aliphatic rings. The lowest BCUT2D eigenvalue weighted by molar-refractivity contribution is 0.566. The summed E-state index contributed by atoms with van der Waals surface area (Å²) in [6, 6.07) is 8.40. The van der Waals surface area contributed by atoms with Gasteiger partial charge in [-0.05, 0) is 12.1 Å². The van der Waals surface area contributed by atoms with Crippen LogP contribution in [0.1, 0.15) is 0 Å². The maximum absolute atomic E-state index is 4.12. The van der Waals surface area contributed by atoms with E-state index in [1.165, 1.54) is 10.6 Å². The van der Waals surface area contributed by atoms with Crippen LogP contribution in [-0.4, -0.2) is 24.4 Å². The van der Waals surface area contributed by atoms with Gasteiger partial charge in [-0.1, -0.05) is 28.7 Å². The molecule has 1 unspecified atom stereocenters. The maximum Gasteiger partial charge on any atom is 0.0671 e. The molecule has 0 aliphatic carbocycles. The minimum Gasteiger partial charge on any atom is -0.299 e. The Hall–Kier alpha value is -0.800. The van der Waals surface area contributed by atoms with Crippen LogP contribution in [0.3, 0.4) is 0 Å². The monoisotopic (exact) mass is 180 g/mol. The summed E-state index contributed by atoms with van der Waals surface area (Å²) in [7, 11) is 4.12. The highest BCUT2D eigenvalue weighted by Crippen LogP contribution is 2.43. The van der Waals surface area contributed by atoms with Crippen molar-refractivity contribution in [2.45, 2.75) is 4.90 Å². The molecule has 0 bridgehead atoms. The molecule has 0 saturated heterocycles. The molecule has 1 aliphatic heterocycles. The predicted octanol–water partition coefficient (Wildman–Crippen LogP) is 1.96. The van der Waals surface area contributed by atoms with E-state index in [-0.39, 0.29) is 10.7 Å². The topological polar surface area (TPSA) is 6.48 Å². The van der Waals surface area contributed by atoms with E-state index in [0.717, 1.165) is 0 Å². The average molecular weight is 180 g/mol. The van der Waals surface area contributed by atoms with Crippen molar-refractivity contribution in [3.05, 3.63) is 24.3 Å². The third kappa shape index (κ3) is 0.901. The fourth-order valence-electron chi connectivity index (χ4n) is 1.37. The summed E-state index contributed by atoms with van der Waals surface area (Å²) >= 11 is 0. The van der Waals surface area contributed by atoms with Crippen LogP contribution in [0.5, 0.6) is 0 Å². The van der Waals surface area contributed by atoms with Gasteiger partial charge >= 0.3 is 0 Å². The number of rotatable bonds is 0. The lowest BCUT2D eigenvalue weighted by Crippen LogP contribution is -2.26. The number of hydrazine groups is 1. The molecule has 3 heteroatoms. The number of hydrogen-bond donors (Lipinski definition) is 0. The van der Waals surface area contributed by atoms with Crippen molar-refractivity contribution >= 4 is 22.2 Å². The van der Waals surface area contributed by atoms with Gasteiger partial charge in [0, 0.05) is 19.0 Å². The third-order valence-electron chi connectivity index (χ3n) is 2.21. The van der Waals surface area contributed by atoms with Gasteiger partial charge in [-0.15, -0.1) is 0 Å². The van der Waals surface area contributed by atoms with E-state index in [0.29, 0.717) is 0 Å². The molecule has 0 amide bonds. The van der Waals surface area contributed by atoms with Gasteiger partial charge in [0.2, 0.25) is 0 Å². The van der Waals surface area contributed by atoms with Gasteiger partial charge in [0.15, 0.2) is 0 Å².